The van der Waals surface area contributed by atoms with Gasteiger partial charge >= 0.3 is 0 Å². The van der Waals surface area contributed by atoms with Gasteiger partial charge in [-0.15, -0.1) is 0 Å². The van der Waals surface area contributed by atoms with Gasteiger partial charge in [0.15, 0.2) is 5.82 Å². The van der Waals surface area contributed by atoms with E-state index in [0.29, 0.717) is 5.82 Å². The Morgan fingerprint density at radius 1 is 0.269 bits per heavy atom. The average molecular weight is 851 g/mol. The molecule has 0 saturated heterocycles. The highest BCUT2D eigenvalue weighted by Crippen LogP contribution is 2.56. The fraction of sp³-hybridized carbons (Fsp3) is 0.0154. The molecular weight excluding hydrogens is 809 g/mol. The maximum absolute atomic E-state index is 5.42. The molecule has 0 amide bonds. The molecule has 13 rings (SSSR count). The molecule has 67 heavy (non-hydrogen) atoms. The monoisotopic (exact) mass is 850 g/mol. The van der Waals surface area contributed by atoms with Crippen LogP contribution in [0.2, 0.25) is 0 Å². The predicted octanol–water partition coefficient (Wildman–Crippen LogP) is 16.6. The zero-order chi connectivity index (χ0) is 44.3. The number of nitrogens with zero attached hydrogens (tertiary/aromatic N) is 2. The highest BCUT2D eigenvalue weighted by molar-refractivity contribution is 6.20. The Balaban J connectivity index is 0.976. The number of hydrogen-bond acceptors (Lipinski definition) is 2. The van der Waals surface area contributed by atoms with E-state index in [0.717, 1.165) is 33.6 Å². The summed E-state index contributed by atoms with van der Waals surface area (Å²) in [6.45, 7) is 0. The SMILES string of the molecule is c1ccc(-c2ccc(-c3cc(-c4ccc5c(c4)-c4ccccc4C5(c4ccccc4)c4ccccc4)nc(-c4ccc(-c5c6ccccc6cc6c5ccc5ccccc56)cc4)n3)cc2)cc1. The van der Waals surface area contributed by atoms with Crippen LogP contribution in [0.25, 0.3) is 99.6 Å². The Hall–Kier alpha value is -8.72. The molecule has 1 aromatic heterocycles. The van der Waals surface area contributed by atoms with E-state index in [1.54, 1.807) is 0 Å². The van der Waals surface area contributed by atoms with Gasteiger partial charge in [0.05, 0.1) is 16.8 Å². The van der Waals surface area contributed by atoms with Gasteiger partial charge in [0.1, 0.15) is 0 Å². The summed E-state index contributed by atoms with van der Waals surface area (Å²) in [5.74, 6) is 0.684. The normalized spacial score (nSPS) is 12.6. The minimum absolute atomic E-state index is 0.473. The maximum atomic E-state index is 5.42. The fourth-order valence-electron chi connectivity index (χ4n) is 10.9. The van der Waals surface area contributed by atoms with Crippen molar-refractivity contribution in [3.63, 3.8) is 0 Å². The number of hydrogen-bond donors (Lipinski definition) is 0. The summed E-state index contributed by atoms with van der Waals surface area (Å²) < 4.78 is 0. The molecule has 12 aromatic rings. The summed E-state index contributed by atoms with van der Waals surface area (Å²) in [7, 11) is 0. The van der Waals surface area contributed by atoms with Crippen LogP contribution in [-0.2, 0) is 5.41 Å². The van der Waals surface area contributed by atoms with Crippen molar-refractivity contribution >= 4 is 32.3 Å². The summed E-state index contributed by atoms with van der Waals surface area (Å²) >= 11 is 0. The van der Waals surface area contributed by atoms with Crippen LogP contribution in [0.15, 0.2) is 255 Å². The zero-order valence-corrected chi connectivity index (χ0v) is 36.6. The predicted molar refractivity (Wildman–Crippen MR) is 279 cm³/mol. The molecule has 0 N–H and O–H groups in total. The van der Waals surface area contributed by atoms with Gasteiger partial charge in [0.25, 0.3) is 0 Å². The Bertz CT molecular complexity index is 3780. The van der Waals surface area contributed by atoms with Gasteiger partial charge in [-0.3, -0.25) is 0 Å². The van der Waals surface area contributed by atoms with E-state index in [1.807, 2.05) is 0 Å². The van der Waals surface area contributed by atoms with Gasteiger partial charge < -0.3 is 0 Å². The summed E-state index contributed by atoms with van der Waals surface area (Å²) in [6.07, 6.45) is 0. The van der Waals surface area contributed by atoms with Crippen LogP contribution < -0.4 is 0 Å². The first-order chi connectivity index (χ1) is 33.2. The van der Waals surface area contributed by atoms with Crippen molar-refractivity contribution in [1.82, 2.24) is 9.97 Å². The first kappa shape index (κ1) is 38.7. The fourth-order valence-corrected chi connectivity index (χ4v) is 10.9. The van der Waals surface area contributed by atoms with Gasteiger partial charge in [0, 0.05) is 16.7 Å². The number of aromatic nitrogens is 2. The van der Waals surface area contributed by atoms with Crippen LogP contribution in [0.3, 0.4) is 0 Å². The molecule has 312 valence electrons. The van der Waals surface area contributed by atoms with E-state index in [1.165, 1.54) is 82.4 Å². The Morgan fingerprint density at radius 2 is 0.791 bits per heavy atom. The quantitative estimate of drug-likeness (QED) is 0.118. The second kappa shape index (κ2) is 15.8. The lowest BCUT2D eigenvalue weighted by Gasteiger charge is -2.33. The zero-order valence-electron chi connectivity index (χ0n) is 36.6. The van der Waals surface area contributed by atoms with Crippen molar-refractivity contribution < 1.29 is 0 Å². The molecule has 0 bridgehead atoms. The Kier molecular flexibility index (Phi) is 9.11. The van der Waals surface area contributed by atoms with Crippen LogP contribution in [0.1, 0.15) is 22.3 Å². The molecule has 1 aliphatic rings. The molecule has 0 saturated carbocycles. The van der Waals surface area contributed by atoms with Crippen molar-refractivity contribution in [2.75, 3.05) is 0 Å². The summed E-state index contributed by atoms with van der Waals surface area (Å²) in [4.78, 5) is 10.8. The van der Waals surface area contributed by atoms with Crippen LogP contribution in [-0.4, -0.2) is 9.97 Å². The average Bonchev–Trinajstić information content (AvgIpc) is 3.71. The molecule has 2 nitrogen and oxygen atoms in total. The van der Waals surface area contributed by atoms with Crippen molar-refractivity contribution in [1.29, 1.82) is 0 Å². The molecule has 0 spiro atoms. The van der Waals surface area contributed by atoms with Crippen molar-refractivity contribution in [3.8, 4) is 67.3 Å². The second-order valence-electron chi connectivity index (χ2n) is 17.6. The van der Waals surface area contributed by atoms with Crippen LogP contribution in [0.4, 0.5) is 0 Å². The van der Waals surface area contributed by atoms with Gasteiger partial charge in [-0.2, -0.15) is 0 Å². The van der Waals surface area contributed by atoms with Gasteiger partial charge in [-0.1, -0.05) is 237 Å². The molecule has 1 heterocycles. The first-order valence-corrected chi connectivity index (χ1v) is 23.1. The third kappa shape index (κ3) is 6.33. The minimum atomic E-state index is -0.473. The summed E-state index contributed by atoms with van der Waals surface area (Å²) in [5, 5.41) is 7.47. The number of benzene rings is 11. The van der Waals surface area contributed by atoms with E-state index in [-0.39, 0.29) is 0 Å². The van der Waals surface area contributed by atoms with Crippen molar-refractivity contribution in [2.24, 2.45) is 0 Å². The topological polar surface area (TPSA) is 25.8 Å². The molecule has 11 aromatic carbocycles. The molecule has 0 atom stereocenters. The van der Waals surface area contributed by atoms with Crippen molar-refractivity contribution in [2.45, 2.75) is 5.41 Å². The number of fused-ring (bicyclic) bond motifs is 7. The molecule has 0 fully saturated rings. The van der Waals surface area contributed by atoms with Crippen molar-refractivity contribution in [3.05, 3.63) is 277 Å². The number of rotatable bonds is 7. The largest absolute Gasteiger partial charge is 0.228 e. The second-order valence-corrected chi connectivity index (χ2v) is 17.6. The Labute approximate surface area is 390 Å². The molecular formula is C65H42N2. The van der Waals surface area contributed by atoms with E-state index in [4.69, 9.17) is 9.97 Å². The lowest BCUT2D eigenvalue weighted by molar-refractivity contribution is 0.768. The molecule has 0 aliphatic heterocycles. The lowest BCUT2D eigenvalue weighted by Crippen LogP contribution is -2.28. The highest BCUT2D eigenvalue weighted by Gasteiger charge is 2.46. The van der Waals surface area contributed by atoms with E-state index in [2.05, 4.69) is 255 Å². The molecule has 2 heteroatoms. The smallest absolute Gasteiger partial charge is 0.160 e. The highest BCUT2D eigenvalue weighted by atomic mass is 14.9. The van der Waals surface area contributed by atoms with Gasteiger partial charge in [-0.05, 0) is 106 Å². The maximum Gasteiger partial charge on any atom is 0.160 e. The molecule has 0 radical (unpaired) electrons. The van der Waals surface area contributed by atoms with Crippen LogP contribution >= 0.6 is 0 Å². The van der Waals surface area contributed by atoms with Gasteiger partial charge in [0.2, 0.25) is 0 Å². The van der Waals surface area contributed by atoms with Crippen LogP contribution in [0.5, 0.6) is 0 Å². The van der Waals surface area contributed by atoms with E-state index >= 15 is 0 Å². The Morgan fingerprint density at radius 3 is 1.52 bits per heavy atom. The minimum Gasteiger partial charge on any atom is -0.228 e. The van der Waals surface area contributed by atoms with Gasteiger partial charge in [-0.25, -0.2) is 9.97 Å². The standard InChI is InChI=1S/C65H42N2/c1-4-16-43(17-5-1)44-28-30-46(31-29-44)61-42-62(50-37-39-60-58(41-50)55-26-14-15-27-59(55)65(60,51-20-6-2-7-21-51)52-22-8-3-9-23-52)67-64(66-61)48-34-32-47(33-35-48)63-54-25-13-11-19-49(54)40-57-53-24-12-10-18-45(53)36-38-56(57)63/h1-42H. The van der Waals surface area contributed by atoms with E-state index < -0.39 is 5.41 Å². The first-order valence-electron chi connectivity index (χ1n) is 23.1. The third-order valence-electron chi connectivity index (χ3n) is 14.0. The lowest BCUT2D eigenvalue weighted by atomic mass is 9.67. The van der Waals surface area contributed by atoms with E-state index in [9.17, 15) is 0 Å². The molecule has 0 unspecified atom stereocenters. The van der Waals surface area contributed by atoms with Crippen LogP contribution in [0, 0.1) is 0 Å². The summed E-state index contributed by atoms with van der Waals surface area (Å²) in [6, 6.07) is 92.4. The third-order valence-corrected chi connectivity index (χ3v) is 14.0. The summed E-state index contributed by atoms with van der Waals surface area (Å²) in [5.41, 5.74) is 16.6. The molecule has 1 aliphatic carbocycles.